The maximum absolute atomic E-state index is 12.3. The summed E-state index contributed by atoms with van der Waals surface area (Å²) >= 11 is 0. The van der Waals surface area contributed by atoms with Crippen molar-refractivity contribution in [3.63, 3.8) is 0 Å². The molecule has 2 aromatic rings. The fourth-order valence-corrected chi connectivity index (χ4v) is 3.50. The number of piperidine rings is 1. The summed E-state index contributed by atoms with van der Waals surface area (Å²) in [6, 6.07) is 10.2. The topological polar surface area (TPSA) is 82.6 Å². The van der Waals surface area contributed by atoms with Gasteiger partial charge >= 0.3 is 0 Å². The van der Waals surface area contributed by atoms with Crippen LogP contribution in [0.3, 0.4) is 0 Å². The van der Waals surface area contributed by atoms with Gasteiger partial charge in [-0.3, -0.25) is 19.3 Å². The molecule has 2 aliphatic heterocycles. The SMILES string of the molecule is O=C(CN1C(=O)c2ccccc2C1=O)Nc1ccc(N2CCCCC2)nc1. The van der Waals surface area contributed by atoms with Crippen molar-refractivity contribution in [2.24, 2.45) is 0 Å². The molecule has 0 unspecified atom stereocenters. The van der Waals surface area contributed by atoms with E-state index < -0.39 is 17.7 Å². The Morgan fingerprint density at radius 1 is 0.963 bits per heavy atom. The minimum Gasteiger partial charge on any atom is -0.357 e. The highest BCUT2D eigenvalue weighted by Gasteiger charge is 2.36. The van der Waals surface area contributed by atoms with Crippen LogP contribution in [0.15, 0.2) is 42.6 Å². The van der Waals surface area contributed by atoms with Gasteiger partial charge in [0.2, 0.25) is 5.91 Å². The second-order valence-corrected chi connectivity index (χ2v) is 6.74. The van der Waals surface area contributed by atoms with Gasteiger partial charge in [0.05, 0.1) is 23.0 Å². The number of carbonyl (C=O) groups is 3. The molecular weight excluding hydrogens is 344 g/mol. The first-order valence-corrected chi connectivity index (χ1v) is 9.09. The fourth-order valence-electron chi connectivity index (χ4n) is 3.50. The maximum atomic E-state index is 12.3. The van der Waals surface area contributed by atoms with Gasteiger partial charge in [-0.25, -0.2) is 4.98 Å². The molecule has 3 amide bonds. The average Bonchev–Trinajstić information content (AvgIpc) is 2.94. The molecule has 0 aliphatic carbocycles. The van der Waals surface area contributed by atoms with Crippen molar-refractivity contribution in [3.05, 3.63) is 53.7 Å². The second-order valence-electron chi connectivity index (χ2n) is 6.74. The molecule has 0 bridgehead atoms. The smallest absolute Gasteiger partial charge is 0.262 e. The van der Waals surface area contributed by atoms with E-state index in [0.717, 1.165) is 23.8 Å². The van der Waals surface area contributed by atoms with Gasteiger partial charge in [-0.2, -0.15) is 0 Å². The largest absolute Gasteiger partial charge is 0.357 e. The van der Waals surface area contributed by atoms with Gasteiger partial charge in [0.15, 0.2) is 0 Å². The third-order valence-electron chi connectivity index (χ3n) is 4.89. The van der Waals surface area contributed by atoms with Crippen LogP contribution in [0.4, 0.5) is 11.5 Å². The molecule has 1 aromatic heterocycles. The van der Waals surface area contributed by atoms with E-state index in [1.165, 1.54) is 19.3 Å². The zero-order valence-corrected chi connectivity index (χ0v) is 14.9. The lowest BCUT2D eigenvalue weighted by Crippen LogP contribution is -2.37. The number of fused-ring (bicyclic) bond motifs is 1. The molecule has 1 aromatic carbocycles. The summed E-state index contributed by atoms with van der Waals surface area (Å²) in [5.41, 5.74) is 1.21. The van der Waals surface area contributed by atoms with E-state index in [1.807, 2.05) is 6.07 Å². The van der Waals surface area contributed by atoms with Gasteiger partial charge in [0.1, 0.15) is 12.4 Å². The summed E-state index contributed by atoms with van der Waals surface area (Å²) < 4.78 is 0. The van der Waals surface area contributed by atoms with Gasteiger partial charge in [-0.15, -0.1) is 0 Å². The molecule has 7 nitrogen and oxygen atoms in total. The average molecular weight is 364 g/mol. The Morgan fingerprint density at radius 2 is 1.63 bits per heavy atom. The van der Waals surface area contributed by atoms with Crippen molar-refractivity contribution in [3.8, 4) is 0 Å². The van der Waals surface area contributed by atoms with Crippen molar-refractivity contribution in [2.75, 3.05) is 29.9 Å². The van der Waals surface area contributed by atoms with Crippen molar-refractivity contribution in [1.29, 1.82) is 0 Å². The molecule has 27 heavy (non-hydrogen) atoms. The van der Waals surface area contributed by atoms with E-state index in [-0.39, 0.29) is 6.54 Å². The molecule has 1 fully saturated rings. The van der Waals surface area contributed by atoms with Crippen LogP contribution in [0, 0.1) is 0 Å². The first-order chi connectivity index (χ1) is 13.1. The van der Waals surface area contributed by atoms with E-state index in [4.69, 9.17) is 0 Å². The summed E-state index contributed by atoms with van der Waals surface area (Å²) in [6.45, 7) is 1.68. The van der Waals surface area contributed by atoms with Gasteiger partial charge in [-0.1, -0.05) is 12.1 Å². The number of hydrogen-bond donors (Lipinski definition) is 1. The highest BCUT2D eigenvalue weighted by Crippen LogP contribution is 2.22. The van der Waals surface area contributed by atoms with E-state index in [0.29, 0.717) is 16.8 Å². The zero-order chi connectivity index (χ0) is 18.8. The lowest BCUT2D eigenvalue weighted by atomic mass is 10.1. The third-order valence-corrected chi connectivity index (χ3v) is 4.89. The Kier molecular flexibility index (Phi) is 4.58. The predicted octanol–water partition coefficient (Wildman–Crippen LogP) is 2.31. The summed E-state index contributed by atoms with van der Waals surface area (Å²) in [5.74, 6) is -0.418. The molecule has 138 valence electrons. The molecule has 0 atom stereocenters. The molecular formula is C20H20N4O3. The Labute approximate surface area is 157 Å². The lowest BCUT2D eigenvalue weighted by molar-refractivity contribution is -0.116. The Bertz CT molecular complexity index is 853. The fraction of sp³-hybridized carbons (Fsp3) is 0.300. The van der Waals surface area contributed by atoms with Gasteiger partial charge in [-0.05, 0) is 43.5 Å². The van der Waals surface area contributed by atoms with Crippen molar-refractivity contribution < 1.29 is 14.4 Å². The Balaban J connectivity index is 1.38. The van der Waals surface area contributed by atoms with E-state index in [9.17, 15) is 14.4 Å². The first-order valence-electron chi connectivity index (χ1n) is 9.09. The highest BCUT2D eigenvalue weighted by molar-refractivity contribution is 6.22. The van der Waals surface area contributed by atoms with Gasteiger partial charge in [0, 0.05) is 13.1 Å². The van der Waals surface area contributed by atoms with Crippen LogP contribution in [0.5, 0.6) is 0 Å². The van der Waals surface area contributed by atoms with Crippen LogP contribution in [0.25, 0.3) is 0 Å². The number of amides is 3. The maximum Gasteiger partial charge on any atom is 0.262 e. The summed E-state index contributed by atoms with van der Waals surface area (Å²) in [7, 11) is 0. The number of nitrogens with one attached hydrogen (secondary N) is 1. The van der Waals surface area contributed by atoms with Crippen LogP contribution >= 0.6 is 0 Å². The number of imide groups is 1. The van der Waals surface area contributed by atoms with Crippen LogP contribution < -0.4 is 10.2 Å². The highest BCUT2D eigenvalue weighted by atomic mass is 16.2. The molecule has 1 N–H and O–H groups in total. The summed E-state index contributed by atoms with van der Waals surface area (Å²) in [4.78, 5) is 44.6. The molecule has 0 radical (unpaired) electrons. The summed E-state index contributed by atoms with van der Waals surface area (Å²) in [5, 5.41) is 2.70. The minimum atomic E-state index is -0.440. The van der Waals surface area contributed by atoms with Crippen molar-refractivity contribution in [2.45, 2.75) is 19.3 Å². The normalized spacial score (nSPS) is 16.4. The number of nitrogens with zero attached hydrogens (tertiary/aromatic N) is 3. The number of rotatable bonds is 4. The number of carbonyl (C=O) groups excluding carboxylic acids is 3. The standard InChI is InChI=1S/C20H20N4O3/c25-18(13-24-19(26)15-6-2-3-7-16(15)20(24)27)22-14-8-9-17(21-12-14)23-10-4-1-5-11-23/h2-3,6-9,12H,1,4-5,10-11,13H2,(H,22,25). The van der Waals surface area contributed by atoms with Crippen LogP contribution in [0.2, 0.25) is 0 Å². The number of pyridine rings is 1. The molecule has 1 saturated heterocycles. The van der Waals surface area contributed by atoms with E-state index in [2.05, 4.69) is 15.2 Å². The molecule has 0 saturated carbocycles. The quantitative estimate of drug-likeness (QED) is 0.842. The monoisotopic (exact) mass is 364 g/mol. The van der Waals surface area contributed by atoms with Crippen LogP contribution in [-0.4, -0.2) is 47.2 Å². The second kappa shape index (κ2) is 7.19. The van der Waals surface area contributed by atoms with Gasteiger partial charge < -0.3 is 10.2 Å². The molecule has 3 heterocycles. The Morgan fingerprint density at radius 3 is 2.22 bits per heavy atom. The summed E-state index contributed by atoms with van der Waals surface area (Å²) in [6.07, 6.45) is 5.19. The first kappa shape index (κ1) is 17.2. The van der Waals surface area contributed by atoms with E-state index >= 15 is 0 Å². The van der Waals surface area contributed by atoms with Crippen molar-refractivity contribution >= 4 is 29.2 Å². The predicted molar refractivity (Wildman–Crippen MR) is 101 cm³/mol. The number of anilines is 2. The molecule has 0 spiro atoms. The van der Waals surface area contributed by atoms with Crippen LogP contribution in [0.1, 0.15) is 40.0 Å². The molecule has 4 rings (SSSR count). The number of aromatic nitrogens is 1. The Hall–Kier alpha value is -3.22. The van der Waals surface area contributed by atoms with Gasteiger partial charge in [0.25, 0.3) is 11.8 Å². The zero-order valence-electron chi connectivity index (χ0n) is 14.9. The number of hydrogen-bond acceptors (Lipinski definition) is 5. The number of benzene rings is 1. The molecule has 7 heteroatoms. The third kappa shape index (κ3) is 3.40. The minimum absolute atomic E-state index is 0.319. The van der Waals surface area contributed by atoms with Crippen molar-refractivity contribution in [1.82, 2.24) is 9.88 Å². The van der Waals surface area contributed by atoms with E-state index in [1.54, 1.807) is 36.5 Å². The van der Waals surface area contributed by atoms with Crippen LogP contribution in [-0.2, 0) is 4.79 Å². The molecule has 2 aliphatic rings. The lowest BCUT2D eigenvalue weighted by Gasteiger charge is -2.27.